The van der Waals surface area contributed by atoms with Crippen LogP contribution in [0.4, 0.5) is 5.82 Å². The summed E-state index contributed by atoms with van der Waals surface area (Å²) in [5.41, 5.74) is 7.33. The number of nitrogens with two attached hydrogens (primary N) is 1. The highest BCUT2D eigenvalue weighted by molar-refractivity contribution is 5.60. The minimum atomic E-state index is 0.474. The average molecular weight is 172 g/mol. The van der Waals surface area contributed by atoms with Crippen molar-refractivity contribution in [2.45, 2.75) is 0 Å². The lowest BCUT2D eigenvalue weighted by Crippen LogP contribution is -1.92. The zero-order valence-electron chi connectivity index (χ0n) is 6.88. The van der Waals surface area contributed by atoms with E-state index in [0.717, 1.165) is 11.3 Å². The molecule has 0 atom stereocenters. The number of nitrogen functional groups attached to an aromatic ring is 1. The quantitative estimate of drug-likeness (QED) is 0.700. The standard InChI is InChI=1S/C9H8N4/c10-9-5-8(12-6-13-9)7-1-3-11-4-2-7/h1-6H,(H2,10,12,13). The topological polar surface area (TPSA) is 64.7 Å². The zero-order valence-corrected chi connectivity index (χ0v) is 6.88. The molecule has 0 amide bonds. The first-order chi connectivity index (χ1) is 6.36. The van der Waals surface area contributed by atoms with Crippen molar-refractivity contribution in [2.75, 3.05) is 5.73 Å². The first-order valence-corrected chi connectivity index (χ1v) is 3.84. The molecule has 0 aliphatic carbocycles. The van der Waals surface area contributed by atoms with E-state index in [-0.39, 0.29) is 0 Å². The minimum Gasteiger partial charge on any atom is -0.384 e. The van der Waals surface area contributed by atoms with Crippen molar-refractivity contribution in [3.63, 3.8) is 0 Å². The third-order valence-electron chi connectivity index (χ3n) is 1.66. The van der Waals surface area contributed by atoms with E-state index in [4.69, 9.17) is 5.73 Å². The van der Waals surface area contributed by atoms with Crippen LogP contribution in [0.25, 0.3) is 11.3 Å². The van der Waals surface area contributed by atoms with Gasteiger partial charge in [-0.1, -0.05) is 0 Å². The number of hydrogen-bond acceptors (Lipinski definition) is 4. The van der Waals surface area contributed by atoms with Gasteiger partial charge in [-0.05, 0) is 12.1 Å². The number of pyridine rings is 1. The van der Waals surface area contributed by atoms with Crippen molar-refractivity contribution in [2.24, 2.45) is 0 Å². The Bertz CT molecular complexity index is 399. The zero-order chi connectivity index (χ0) is 9.10. The molecule has 0 spiro atoms. The maximum atomic E-state index is 5.53. The molecule has 0 saturated heterocycles. The maximum Gasteiger partial charge on any atom is 0.127 e. The number of aromatic nitrogens is 3. The highest BCUT2D eigenvalue weighted by atomic mass is 14.9. The second kappa shape index (κ2) is 3.18. The van der Waals surface area contributed by atoms with Gasteiger partial charge in [-0.3, -0.25) is 4.98 Å². The lowest BCUT2D eigenvalue weighted by atomic mass is 10.2. The van der Waals surface area contributed by atoms with Crippen molar-refractivity contribution in [1.82, 2.24) is 15.0 Å². The Labute approximate surface area is 75.5 Å². The van der Waals surface area contributed by atoms with Crippen molar-refractivity contribution in [1.29, 1.82) is 0 Å². The number of anilines is 1. The molecule has 2 aromatic rings. The van der Waals surface area contributed by atoms with Gasteiger partial charge in [0.25, 0.3) is 0 Å². The molecule has 0 fully saturated rings. The van der Waals surface area contributed by atoms with E-state index in [2.05, 4.69) is 15.0 Å². The summed E-state index contributed by atoms with van der Waals surface area (Å²) in [4.78, 5) is 11.8. The Morgan fingerprint density at radius 2 is 1.85 bits per heavy atom. The molecule has 0 saturated carbocycles. The largest absolute Gasteiger partial charge is 0.384 e. The molecule has 2 aromatic heterocycles. The predicted molar refractivity (Wildman–Crippen MR) is 49.7 cm³/mol. The molecule has 2 N–H and O–H groups in total. The lowest BCUT2D eigenvalue weighted by molar-refractivity contribution is 1.18. The highest BCUT2D eigenvalue weighted by Gasteiger charge is 1.97. The van der Waals surface area contributed by atoms with Gasteiger partial charge in [-0.15, -0.1) is 0 Å². The summed E-state index contributed by atoms with van der Waals surface area (Å²) < 4.78 is 0. The molecule has 4 heteroatoms. The van der Waals surface area contributed by atoms with Crippen LogP contribution in [0, 0.1) is 0 Å². The van der Waals surface area contributed by atoms with Crippen molar-refractivity contribution in [3.05, 3.63) is 36.9 Å². The summed E-state index contributed by atoms with van der Waals surface area (Å²) in [7, 11) is 0. The van der Waals surface area contributed by atoms with Gasteiger partial charge in [-0.2, -0.15) is 0 Å². The fraction of sp³-hybridized carbons (Fsp3) is 0. The van der Waals surface area contributed by atoms with Crippen LogP contribution in [-0.4, -0.2) is 15.0 Å². The molecule has 0 radical (unpaired) electrons. The SMILES string of the molecule is Nc1cc(-c2ccncc2)ncn1. The van der Waals surface area contributed by atoms with Gasteiger partial charge in [0.2, 0.25) is 0 Å². The van der Waals surface area contributed by atoms with Gasteiger partial charge in [0.1, 0.15) is 12.1 Å². The molecule has 0 aliphatic rings. The van der Waals surface area contributed by atoms with E-state index < -0.39 is 0 Å². The first-order valence-electron chi connectivity index (χ1n) is 3.84. The van der Waals surface area contributed by atoms with Gasteiger partial charge in [0.05, 0.1) is 5.69 Å². The molecule has 13 heavy (non-hydrogen) atoms. The third kappa shape index (κ3) is 1.61. The van der Waals surface area contributed by atoms with Gasteiger partial charge in [0, 0.05) is 24.0 Å². The van der Waals surface area contributed by atoms with Crippen LogP contribution in [0.3, 0.4) is 0 Å². The molecule has 2 rings (SSSR count). The van der Waals surface area contributed by atoms with Crippen molar-refractivity contribution >= 4 is 5.82 Å². The summed E-state index contributed by atoms with van der Waals surface area (Å²) in [6, 6.07) is 5.48. The second-order valence-electron chi connectivity index (χ2n) is 2.56. The predicted octanol–water partition coefficient (Wildman–Crippen LogP) is 1.12. The summed E-state index contributed by atoms with van der Waals surface area (Å²) in [5, 5.41) is 0. The van der Waals surface area contributed by atoms with Crippen LogP contribution in [0.5, 0.6) is 0 Å². The minimum absolute atomic E-state index is 0.474. The third-order valence-corrected chi connectivity index (χ3v) is 1.66. The van der Waals surface area contributed by atoms with Crippen LogP contribution in [0.15, 0.2) is 36.9 Å². The number of rotatable bonds is 1. The smallest absolute Gasteiger partial charge is 0.127 e. The number of hydrogen-bond donors (Lipinski definition) is 1. The Morgan fingerprint density at radius 3 is 2.54 bits per heavy atom. The number of nitrogens with zero attached hydrogens (tertiary/aromatic N) is 3. The van der Waals surface area contributed by atoms with Crippen LogP contribution < -0.4 is 5.73 Å². The highest BCUT2D eigenvalue weighted by Crippen LogP contribution is 2.15. The fourth-order valence-corrected chi connectivity index (χ4v) is 1.05. The Balaban J connectivity index is 2.48. The van der Waals surface area contributed by atoms with E-state index in [0.29, 0.717) is 5.82 Å². The monoisotopic (exact) mass is 172 g/mol. The van der Waals surface area contributed by atoms with E-state index in [9.17, 15) is 0 Å². The summed E-state index contributed by atoms with van der Waals surface area (Å²) in [6.07, 6.45) is 4.88. The normalized spacial score (nSPS) is 9.85. The molecular weight excluding hydrogens is 164 g/mol. The van der Waals surface area contributed by atoms with Gasteiger partial charge >= 0.3 is 0 Å². The van der Waals surface area contributed by atoms with Crippen LogP contribution in [0.2, 0.25) is 0 Å². The molecule has 64 valence electrons. The molecule has 0 bridgehead atoms. The summed E-state index contributed by atoms with van der Waals surface area (Å²) in [6.45, 7) is 0. The van der Waals surface area contributed by atoms with E-state index in [1.54, 1.807) is 18.5 Å². The average Bonchev–Trinajstić information content (AvgIpc) is 2.19. The lowest BCUT2D eigenvalue weighted by Gasteiger charge is -1.99. The molecule has 0 aromatic carbocycles. The van der Waals surface area contributed by atoms with Gasteiger partial charge < -0.3 is 5.73 Å². The van der Waals surface area contributed by atoms with Crippen molar-refractivity contribution in [3.8, 4) is 11.3 Å². The fourth-order valence-electron chi connectivity index (χ4n) is 1.05. The molecule has 0 unspecified atom stereocenters. The van der Waals surface area contributed by atoms with E-state index in [1.807, 2.05) is 12.1 Å². The molecule has 0 aliphatic heterocycles. The van der Waals surface area contributed by atoms with E-state index in [1.165, 1.54) is 6.33 Å². The second-order valence-corrected chi connectivity index (χ2v) is 2.56. The maximum absolute atomic E-state index is 5.53. The van der Waals surface area contributed by atoms with Crippen LogP contribution >= 0.6 is 0 Å². The molecular formula is C9H8N4. The van der Waals surface area contributed by atoms with Crippen molar-refractivity contribution < 1.29 is 0 Å². The Hall–Kier alpha value is -1.97. The van der Waals surface area contributed by atoms with E-state index >= 15 is 0 Å². The van der Waals surface area contributed by atoms with Crippen LogP contribution in [0.1, 0.15) is 0 Å². The summed E-state index contributed by atoms with van der Waals surface area (Å²) in [5.74, 6) is 0.474. The van der Waals surface area contributed by atoms with Gasteiger partial charge in [0.15, 0.2) is 0 Å². The Morgan fingerprint density at radius 1 is 1.08 bits per heavy atom. The van der Waals surface area contributed by atoms with Crippen LogP contribution in [-0.2, 0) is 0 Å². The summed E-state index contributed by atoms with van der Waals surface area (Å²) >= 11 is 0. The first kappa shape index (κ1) is 7.67. The molecule has 4 nitrogen and oxygen atoms in total. The Kier molecular flexibility index (Phi) is 1.88. The van der Waals surface area contributed by atoms with Gasteiger partial charge in [-0.25, -0.2) is 9.97 Å². The molecule has 2 heterocycles.